The van der Waals surface area contributed by atoms with E-state index in [-0.39, 0.29) is 18.2 Å². The third kappa shape index (κ3) is 12.0. The van der Waals surface area contributed by atoms with Crippen LogP contribution in [0.15, 0.2) is 54.6 Å². The van der Waals surface area contributed by atoms with Gasteiger partial charge in [0.05, 0.1) is 0 Å². The average Bonchev–Trinajstić information content (AvgIpc) is 2.95. The zero-order valence-electron chi connectivity index (χ0n) is 26.1. The van der Waals surface area contributed by atoms with Crippen molar-refractivity contribution in [3.8, 4) is 12.3 Å². The summed E-state index contributed by atoms with van der Waals surface area (Å²) >= 11 is 0. The van der Waals surface area contributed by atoms with E-state index >= 15 is 0 Å². The van der Waals surface area contributed by atoms with E-state index in [1.807, 2.05) is 42.5 Å². The zero-order valence-corrected chi connectivity index (χ0v) is 26.1. The van der Waals surface area contributed by atoms with Crippen LogP contribution < -0.4 is 10.6 Å². The van der Waals surface area contributed by atoms with Crippen LogP contribution in [-0.4, -0.2) is 47.5 Å². The number of carbonyl (C=O) groups excluding carboxylic acids is 3. The summed E-state index contributed by atoms with van der Waals surface area (Å²) in [4.78, 5) is 42.8. The summed E-state index contributed by atoms with van der Waals surface area (Å²) < 4.78 is 5.53. The number of nitrogens with zero attached hydrogens (tertiary/aromatic N) is 1. The van der Waals surface area contributed by atoms with E-state index in [9.17, 15) is 14.4 Å². The van der Waals surface area contributed by atoms with Gasteiger partial charge in [-0.3, -0.25) is 9.59 Å². The first-order valence-corrected chi connectivity index (χ1v) is 15.3. The van der Waals surface area contributed by atoms with Crippen LogP contribution in [0.3, 0.4) is 0 Å². The van der Waals surface area contributed by atoms with Gasteiger partial charge < -0.3 is 20.3 Å². The maximum Gasteiger partial charge on any atom is 0.408 e. The maximum absolute atomic E-state index is 14.5. The number of unbranched alkanes of at least 4 members (excludes halogenated alkanes) is 5. The van der Waals surface area contributed by atoms with Gasteiger partial charge in [0.2, 0.25) is 11.8 Å². The number of hydrogen-bond acceptors (Lipinski definition) is 4. The normalized spacial score (nSPS) is 12.5. The first-order chi connectivity index (χ1) is 20.1. The molecule has 0 radical (unpaired) electrons. The minimum atomic E-state index is -0.936. The Kier molecular flexibility index (Phi) is 14.7. The number of hydrogen-bond donors (Lipinski definition) is 2. The van der Waals surface area contributed by atoms with Crippen LogP contribution in [0.1, 0.15) is 102 Å². The lowest BCUT2D eigenvalue weighted by atomic mass is 9.98. The molecule has 0 aliphatic heterocycles. The van der Waals surface area contributed by atoms with Crippen molar-refractivity contribution in [1.29, 1.82) is 0 Å². The number of alkyl carbamates (subject to hydrolysis) is 1. The van der Waals surface area contributed by atoms with E-state index in [0.717, 1.165) is 50.5 Å². The average molecular weight is 576 g/mol. The summed E-state index contributed by atoms with van der Waals surface area (Å²) in [6, 6.07) is 14.9. The van der Waals surface area contributed by atoms with Crippen LogP contribution in [-0.2, 0) is 20.7 Å². The van der Waals surface area contributed by atoms with Crippen LogP contribution >= 0.6 is 0 Å². The van der Waals surface area contributed by atoms with Crippen molar-refractivity contribution in [3.05, 3.63) is 71.3 Å². The molecule has 228 valence electrons. The van der Waals surface area contributed by atoms with Gasteiger partial charge in [0.1, 0.15) is 17.7 Å². The maximum atomic E-state index is 14.5. The second-order valence-corrected chi connectivity index (χ2v) is 11.6. The molecule has 2 unspecified atom stereocenters. The third-order valence-corrected chi connectivity index (χ3v) is 6.84. The second-order valence-electron chi connectivity index (χ2n) is 11.6. The number of amides is 3. The van der Waals surface area contributed by atoms with Crippen molar-refractivity contribution < 1.29 is 19.1 Å². The van der Waals surface area contributed by atoms with Gasteiger partial charge in [-0.25, -0.2) is 4.79 Å². The van der Waals surface area contributed by atoms with Gasteiger partial charge in [-0.05, 0) is 56.9 Å². The molecule has 2 rings (SSSR count). The molecule has 0 aliphatic rings. The highest BCUT2D eigenvalue weighted by Gasteiger charge is 2.36. The molecule has 7 heteroatoms. The first kappa shape index (κ1) is 34.4. The molecule has 0 spiro atoms. The number of ether oxygens (including phenoxy) is 1. The smallest absolute Gasteiger partial charge is 0.408 e. The van der Waals surface area contributed by atoms with Gasteiger partial charge >= 0.3 is 6.09 Å². The van der Waals surface area contributed by atoms with Crippen molar-refractivity contribution in [1.82, 2.24) is 15.5 Å². The number of terminal acetylenes is 1. The molecule has 3 amide bonds. The van der Waals surface area contributed by atoms with E-state index < -0.39 is 23.8 Å². The fraction of sp³-hybridized carbons (Fsp3) is 0.514. The summed E-state index contributed by atoms with van der Waals surface area (Å²) in [7, 11) is 0. The minimum Gasteiger partial charge on any atom is -0.444 e. The fourth-order valence-electron chi connectivity index (χ4n) is 4.67. The van der Waals surface area contributed by atoms with Crippen LogP contribution in [0.25, 0.3) is 0 Å². The van der Waals surface area contributed by atoms with Crippen LogP contribution in [0, 0.1) is 12.3 Å². The molecule has 0 fully saturated rings. The Labute approximate surface area is 252 Å². The Morgan fingerprint density at radius 2 is 1.55 bits per heavy atom. The van der Waals surface area contributed by atoms with Crippen molar-refractivity contribution in [2.45, 2.75) is 104 Å². The molecule has 2 aromatic rings. The molecule has 2 N–H and O–H groups in total. The molecular formula is C35H49N3O4. The van der Waals surface area contributed by atoms with Crippen molar-refractivity contribution in [2.24, 2.45) is 0 Å². The summed E-state index contributed by atoms with van der Waals surface area (Å²) in [6.07, 6.45) is 11.9. The van der Waals surface area contributed by atoms with Gasteiger partial charge in [0.25, 0.3) is 0 Å². The van der Waals surface area contributed by atoms with E-state index in [0.29, 0.717) is 24.2 Å². The summed E-state index contributed by atoms with van der Waals surface area (Å²) in [5, 5.41) is 5.85. The summed E-state index contributed by atoms with van der Waals surface area (Å²) in [6.45, 7) is 10.4. The standard InChI is InChI=1S/C35H49N3O4/c1-7-10-12-13-17-25-38(31(32(39)36-24-11-8-2)29-22-20-27(9-3)21-23-29)33(40)30(26-28-18-15-14-16-19-28)37-34(41)42-35(4,5)6/h3,14-16,18-23,30-31H,7-8,10-13,17,24-26H2,1-2,4-6H3,(H,36,39)(H,37,41). The lowest BCUT2D eigenvalue weighted by molar-refractivity contribution is -0.142. The number of nitrogens with one attached hydrogen (secondary N) is 2. The monoisotopic (exact) mass is 575 g/mol. The Balaban J connectivity index is 2.52. The molecule has 2 atom stereocenters. The fourth-order valence-corrected chi connectivity index (χ4v) is 4.67. The van der Waals surface area contributed by atoms with Gasteiger partial charge in [-0.2, -0.15) is 0 Å². The Hall–Kier alpha value is -3.79. The molecule has 0 saturated heterocycles. The Morgan fingerprint density at radius 3 is 2.14 bits per heavy atom. The predicted octanol–water partition coefficient (Wildman–Crippen LogP) is 6.56. The largest absolute Gasteiger partial charge is 0.444 e. The number of rotatable bonds is 16. The van der Waals surface area contributed by atoms with Crippen LogP contribution in [0.5, 0.6) is 0 Å². The second kappa shape index (κ2) is 17.9. The molecule has 42 heavy (non-hydrogen) atoms. The van der Waals surface area contributed by atoms with Crippen molar-refractivity contribution in [2.75, 3.05) is 13.1 Å². The van der Waals surface area contributed by atoms with Crippen LogP contribution in [0.2, 0.25) is 0 Å². The molecular weight excluding hydrogens is 526 g/mol. The highest BCUT2D eigenvalue weighted by Crippen LogP contribution is 2.25. The number of benzene rings is 2. The van der Waals surface area contributed by atoms with E-state index in [1.165, 1.54) is 0 Å². The van der Waals surface area contributed by atoms with E-state index in [2.05, 4.69) is 30.4 Å². The molecule has 0 aromatic heterocycles. The Morgan fingerprint density at radius 1 is 0.905 bits per heavy atom. The third-order valence-electron chi connectivity index (χ3n) is 6.84. The quantitative estimate of drug-likeness (QED) is 0.175. The molecule has 0 heterocycles. The summed E-state index contributed by atoms with van der Waals surface area (Å²) in [5.74, 6) is 2.02. The Bertz CT molecular complexity index is 1150. The van der Waals surface area contributed by atoms with Gasteiger partial charge in [-0.1, -0.05) is 94.3 Å². The molecule has 0 aliphatic carbocycles. The molecule has 2 aromatic carbocycles. The SMILES string of the molecule is C#Cc1ccc(C(C(=O)NCCCC)N(CCCCCCC)C(=O)C(Cc2ccccc2)NC(=O)OC(C)(C)C)cc1. The van der Waals surface area contributed by atoms with Crippen molar-refractivity contribution in [3.63, 3.8) is 0 Å². The highest BCUT2D eigenvalue weighted by atomic mass is 16.6. The van der Waals surface area contributed by atoms with Crippen LogP contribution in [0.4, 0.5) is 4.79 Å². The van der Waals surface area contributed by atoms with E-state index in [4.69, 9.17) is 11.2 Å². The minimum absolute atomic E-state index is 0.255. The molecule has 0 bridgehead atoms. The first-order valence-electron chi connectivity index (χ1n) is 15.3. The van der Waals surface area contributed by atoms with E-state index in [1.54, 1.807) is 37.8 Å². The lowest BCUT2D eigenvalue weighted by Gasteiger charge is -2.35. The lowest BCUT2D eigenvalue weighted by Crippen LogP contribution is -2.54. The summed E-state index contributed by atoms with van der Waals surface area (Å²) in [5.41, 5.74) is 1.51. The zero-order chi connectivity index (χ0) is 31.0. The topological polar surface area (TPSA) is 87.7 Å². The number of carbonyl (C=O) groups is 3. The van der Waals surface area contributed by atoms with Crippen molar-refractivity contribution >= 4 is 17.9 Å². The highest BCUT2D eigenvalue weighted by molar-refractivity contribution is 5.92. The van der Waals surface area contributed by atoms with Gasteiger partial charge in [0, 0.05) is 25.1 Å². The van der Waals surface area contributed by atoms with Gasteiger partial charge in [-0.15, -0.1) is 6.42 Å². The predicted molar refractivity (Wildman–Crippen MR) is 169 cm³/mol. The molecule has 0 saturated carbocycles. The molecule has 7 nitrogen and oxygen atoms in total. The van der Waals surface area contributed by atoms with Gasteiger partial charge in [0.15, 0.2) is 0 Å².